The maximum Gasteiger partial charge on any atom is 0.416 e. The second-order valence-electron chi connectivity index (χ2n) is 9.20. The van der Waals surface area contributed by atoms with E-state index in [1.54, 1.807) is 6.92 Å². The molecule has 0 amide bonds. The zero-order valence-electron chi connectivity index (χ0n) is 19.1. The van der Waals surface area contributed by atoms with Gasteiger partial charge in [-0.25, -0.2) is 0 Å². The number of halogens is 6. The van der Waals surface area contributed by atoms with Gasteiger partial charge in [0, 0.05) is 5.41 Å². The molecule has 1 aliphatic rings. The van der Waals surface area contributed by atoms with Gasteiger partial charge in [0.1, 0.15) is 5.60 Å². The van der Waals surface area contributed by atoms with Crippen LogP contribution in [0.3, 0.4) is 0 Å². The molecule has 1 atom stereocenters. The molecule has 0 aliphatic heterocycles. The predicted molar refractivity (Wildman–Crippen MR) is 114 cm³/mol. The number of hydrogen-bond acceptors (Lipinski definition) is 4. The average Bonchev–Trinajstić information content (AvgIpc) is 2.77. The van der Waals surface area contributed by atoms with Gasteiger partial charge in [-0.05, 0) is 68.9 Å². The van der Waals surface area contributed by atoms with E-state index < -0.39 is 45.7 Å². The van der Waals surface area contributed by atoms with Crippen LogP contribution in [0.25, 0.3) is 0 Å². The number of hydrogen-bond donors (Lipinski definition) is 0. The summed E-state index contributed by atoms with van der Waals surface area (Å²) in [5.41, 5.74) is -3.80. The van der Waals surface area contributed by atoms with Gasteiger partial charge in [0.05, 0.1) is 23.8 Å². The van der Waals surface area contributed by atoms with Gasteiger partial charge in [-0.1, -0.05) is 30.3 Å². The fourth-order valence-electron chi connectivity index (χ4n) is 4.43. The largest absolute Gasteiger partial charge is 0.416 e. The standard InChI is InChI=1S/C24H25F6NO4/c1-16(17-12-19(23(25,26)27)14-20(13-17)24(28,29)30)34-15-22(18-6-4-3-5-7-18)10-8-21(2,9-11-22)35-31(32)33/h3-7,12-14,16H,8-11,15H2,1-2H3/t16-,21?,22?/m1/s1. The number of alkyl halides is 6. The van der Waals surface area contributed by atoms with Crippen LogP contribution in [0.1, 0.15) is 67.9 Å². The molecule has 0 heterocycles. The van der Waals surface area contributed by atoms with Crippen LogP contribution in [-0.2, 0) is 27.3 Å². The third-order valence-electron chi connectivity index (χ3n) is 6.63. The van der Waals surface area contributed by atoms with Crippen molar-refractivity contribution in [3.63, 3.8) is 0 Å². The molecule has 2 aromatic carbocycles. The van der Waals surface area contributed by atoms with Crippen molar-refractivity contribution in [1.29, 1.82) is 0 Å². The Hall–Kier alpha value is -2.82. The van der Waals surface area contributed by atoms with Crippen LogP contribution in [0.5, 0.6) is 0 Å². The van der Waals surface area contributed by atoms with Crippen molar-refractivity contribution in [1.82, 2.24) is 0 Å². The van der Waals surface area contributed by atoms with Crippen LogP contribution < -0.4 is 0 Å². The van der Waals surface area contributed by atoms with Crippen LogP contribution in [0, 0.1) is 10.1 Å². The molecule has 0 bridgehead atoms. The summed E-state index contributed by atoms with van der Waals surface area (Å²) in [7, 11) is 0. The summed E-state index contributed by atoms with van der Waals surface area (Å²) in [6.45, 7) is 3.04. The molecule has 3 rings (SSSR count). The molecule has 192 valence electrons. The first-order valence-electron chi connectivity index (χ1n) is 10.9. The predicted octanol–water partition coefficient (Wildman–Crippen LogP) is 7.28. The van der Waals surface area contributed by atoms with Crippen molar-refractivity contribution >= 4 is 0 Å². The Morgan fingerprint density at radius 2 is 1.46 bits per heavy atom. The van der Waals surface area contributed by atoms with Crippen molar-refractivity contribution in [2.45, 2.75) is 69.0 Å². The lowest BCUT2D eigenvalue weighted by Crippen LogP contribution is -2.44. The molecule has 1 saturated carbocycles. The molecule has 0 saturated heterocycles. The maximum atomic E-state index is 13.3. The first-order chi connectivity index (χ1) is 16.1. The molecule has 35 heavy (non-hydrogen) atoms. The summed E-state index contributed by atoms with van der Waals surface area (Å²) in [5.74, 6) is 0. The second kappa shape index (κ2) is 9.67. The van der Waals surface area contributed by atoms with E-state index in [0.29, 0.717) is 37.8 Å². The third kappa shape index (κ3) is 6.45. The van der Waals surface area contributed by atoms with E-state index in [1.807, 2.05) is 30.3 Å². The van der Waals surface area contributed by atoms with Gasteiger partial charge in [-0.3, -0.25) is 0 Å². The van der Waals surface area contributed by atoms with Crippen LogP contribution in [0.4, 0.5) is 26.3 Å². The number of benzene rings is 2. The molecule has 2 aromatic rings. The molecule has 0 unspecified atom stereocenters. The zero-order chi connectivity index (χ0) is 26.1. The minimum Gasteiger partial charge on any atom is -0.373 e. The third-order valence-corrected chi connectivity index (χ3v) is 6.63. The SMILES string of the molecule is C[C@@H](OCC1(c2ccccc2)CCC(C)(O[N+](=O)[O-])CC1)c1cc(C(F)(F)F)cc(C(F)(F)F)c1. The Morgan fingerprint density at radius 3 is 1.91 bits per heavy atom. The van der Waals surface area contributed by atoms with Crippen molar-refractivity contribution in [2.75, 3.05) is 6.61 Å². The van der Waals surface area contributed by atoms with Gasteiger partial charge in [0.25, 0.3) is 5.09 Å². The highest BCUT2D eigenvalue weighted by Crippen LogP contribution is 2.46. The van der Waals surface area contributed by atoms with Gasteiger partial charge < -0.3 is 9.57 Å². The molecule has 11 heteroatoms. The van der Waals surface area contributed by atoms with E-state index in [-0.39, 0.29) is 18.2 Å². The van der Waals surface area contributed by atoms with Crippen LogP contribution in [0.2, 0.25) is 0 Å². The first kappa shape index (κ1) is 26.8. The topological polar surface area (TPSA) is 61.6 Å². The van der Waals surface area contributed by atoms with Crippen LogP contribution >= 0.6 is 0 Å². The highest BCUT2D eigenvalue weighted by Gasteiger charge is 2.44. The maximum absolute atomic E-state index is 13.3. The van der Waals surface area contributed by atoms with Crippen molar-refractivity contribution in [3.05, 3.63) is 80.9 Å². The fourth-order valence-corrected chi connectivity index (χ4v) is 4.43. The van der Waals surface area contributed by atoms with Gasteiger partial charge in [-0.2, -0.15) is 26.3 Å². The fraction of sp³-hybridized carbons (Fsp3) is 0.500. The molecule has 0 radical (unpaired) electrons. The summed E-state index contributed by atoms with van der Waals surface area (Å²) >= 11 is 0. The summed E-state index contributed by atoms with van der Waals surface area (Å²) in [4.78, 5) is 15.7. The van der Waals surface area contributed by atoms with Gasteiger partial charge in [-0.15, -0.1) is 10.1 Å². The molecule has 5 nitrogen and oxygen atoms in total. The normalized spacial score (nSPS) is 24.1. The van der Waals surface area contributed by atoms with Gasteiger partial charge in [0.15, 0.2) is 0 Å². The molecular formula is C24H25F6NO4. The van der Waals surface area contributed by atoms with Crippen molar-refractivity contribution in [2.24, 2.45) is 0 Å². The quantitative estimate of drug-likeness (QED) is 0.225. The van der Waals surface area contributed by atoms with E-state index in [9.17, 15) is 36.5 Å². The highest BCUT2D eigenvalue weighted by molar-refractivity contribution is 5.35. The lowest BCUT2D eigenvalue weighted by Gasteiger charge is -2.44. The van der Waals surface area contributed by atoms with E-state index >= 15 is 0 Å². The Balaban J connectivity index is 1.87. The van der Waals surface area contributed by atoms with E-state index in [4.69, 9.17) is 9.57 Å². The molecule has 0 aromatic heterocycles. The lowest BCUT2D eigenvalue weighted by atomic mass is 9.66. The van der Waals surface area contributed by atoms with Crippen LogP contribution in [-0.4, -0.2) is 17.3 Å². The minimum atomic E-state index is -4.95. The van der Waals surface area contributed by atoms with Gasteiger partial charge in [0.2, 0.25) is 0 Å². The zero-order valence-corrected chi connectivity index (χ0v) is 19.1. The van der Waals surface area contributed by atoms with Gasteiger partial charge >= 0.3 is 12.4 Å². The Labute approximate surface area is 198 Å². The van der Waals surface area contributed by atoms with E-state index in [0.717, 1.165) is 5.56 Å². The number of nitrogens with zero attached hydrogens (tertiary/aromatic N) is 1. The van der Waals surface area contributed by atoms with Crippen molar-refractivity contribution < 1.29 is 41.0 Å². The summed E-state index contributed by atoms with van der Waals surface area (Å²) in [5, 5.41) is 10.0. The summed E-state index contributed by atoms with van der Waals surface area (Å²) < 4.78 is 85.4. The first-order valence-corrected chi connectivity index (χ1v) is 10.9. The summed E-state index contributed by atoms with van der Waals surface area (Å²) in [6.07, 6.45) is -9.49. The average molecular weight is 505 g/mol. The minimum absolute atomic E-state index is 0.00429. The molecular weight excluding hydrogens is 480 g/mol. The Bertz CT molecular complexity index is 998. The van der Waals surface area contributed by atoms with E-state index in [2.05, 4.69) is 0 Å². The highest BCUT2D eigenvalue weighted by atomic mass is 19.4. The number of rotatable bonds is 7. The van der Waals surface area contributed by atoms with E-state index in [1.165, 1.54) is 6.92 Å². The molecule has 0 spiro atoms. The molecule has 1 aliphatic carbocycles. The van der Waals surface area contributed by atoms with Crippen molar-refractivity contribution in [3.8, 4) is 0 Å². The Kier molecular flexibility index (Phi) is 7.40. The smallest absolute Gasteiger partial charge is 0.373 e. The molecule has 0 N–H and O–H groups in total. The lowest BCUT2D eigenvalue weighted by molar-refractivity contribution is -0.781. The second-order valence-corrected chi connectivity index (χ2v) is 9.20. The number of ether oxygens (including phenoxy) is 1. The monoisotopic (exact) mass is 505 g/mol. The van der Waals surface area contributed by atoms with Crippen LogP contribution in [0.15, 0.2) is 48.5 Å². The molecule has 1 fully saturated rings. The Morgan fingerprint density at radius 1 is 0.943 bits per heavy atom. The summed E-state index contributed by atoms with van der Waals surface area (Å²) in [6, 6.07) is 10.6.